The zero-order valence-electron chi connectivity index (χ0n) is 10.3. The van der Waals surface area contributed by atoms with Gasteiger partial charge in [-0.25, -0.2) is 0 Å². The number of ether oxygens (including phenoxy) is 1. The van der Waals surface area contributed by atoms with Gasteiger partial charge in [0, 0.05) is 18.0 Å². The smallest absolute Gasteiger partial charge is 0.118 e. The van der Waals surface area contributed by atoms with Gasteiger partial charge in [0.2, 0.25) is 0 Å². The van der Waals surface area contributed by atoms with Crippen molar-refractivity contribution in [3.63, 3.8) is 0 Å². The van der Waals surface area contributed by atoms with Gasteiger partial charge in [0.25, 0.3) is 0 Å². The predicted molar refractivity (Wildman–Crippen MR) is 71.8 cm³/mol. The number of halogens is 1. The lowest BCUT2D eigenvalue weighted by Crippen LogP contribution is -2.43. The molecule has 1 N–H and O–H groups in total. The van der Waals surface area contributed by atoms with Gasteiger partial charge in [-0.15, -0.1) is 11.6 Å². The van der Waals surface area contributed by atoms with Crippen molar-refractivity contribution < 1.29 is 4.74 Å². The fourth-order valence-electron chi connectivity index (χ4n) is 2.44. The SMILES string of the molecule is COc1ccc(CNC2(CCl)CCCC2)cc1. The summed E-state index contributed by atoms with van der Waals surface area (Å²) in [5, 5.41) is 3.63. The maximum Gasteiger partial charge on any atom is 0.118 e. The zero-order valence-corrected chi connectivity index (χ0v) is 11.1. The molecule has 0 aromatic heterocycles. The highest BCUT2D eigenvalue weighted by molar-refractivity contribution is 6.18. The lowest BCUT2D eigenvalue weighted by Gasteiger charge is -2.28. The van der Waals surface area contributed by atoms with Crippen molar-refractivity contribution in [2.24, 2.45) is 0 Å². The van der Waals surface area contributed by atoms with Crippen molar-refractivity contribution in [1.29, 1.82) is 0 Å². The van der Waals surface area contributed by atoms with E-state index in [9.17, 15) is 0 Å². The van der Waals surface area contributed by atoms with Gasteiger partial charge < -0.3 is 10.1 Å². The number of rotatable bonds is 5. The Morgan fingerprint density at radius 2 is 1.88 bits per heavy atom. The third-order valence-electron chi connectivity index (χ3n) is 3.64. The van der Waals surface area contributed by atoms with Gasteiger partial charge in [-0.1, -0.05) is 25.0 Å². The Labute approximate surface area is 108 Å². The third-order valence-corrected chi connectivity index (χ3v) is 4.15. The van der Waals surface area contributed by atoms with E-state index in [1.807, 2.05) is 12.1 Å². The summed E-state index contributed by atoms with van der Waals surface area (Å²) >= 11 is 6.10. The molecule has 0 atom stereocenters. The highest BCUT2D eigenvalue weighted by Crippen LogP contribution is 2.31. The fraction of sp³-hybridized carbons (Fsp3) is 0.571. The Kier molecular flexibility index (Phi) is 4.30. The molecular weight excluding hydrogens is 234 g/mol. The van der Waals surface area contributed by atoms with Crippen molar-refractivity contribution in [3.05, 3.63) is 29.8 Å². The Morgan fingerprint density at radius 1 is 1.24 bits per heavy atom. The standard InChI is InChI=1S/C14H20ClNO/c1-17-13-6-4-12(5-7-13)10-16-14(11-15)8-2-3-9-14/h4-7,16H,2-3,8-11H2,1H3. The topological polar surface area (TPSA) is 21.3 Å². The van der Waals surface area contributed by atoms with Crippen LogP contribution in [-0.2, 0) is 6.54 Å². The number of alkyl halides is 1. The molecule has 1 aliphatic carbocycles. The molecule has 1 saturated carbocycles. The Morgan fingerprint density at radius 3 is 2.41 bits per heavy atom. The van der Waals surface area contributed by atoms with E-state index in [1.54, 1.807) is 7.11 Å². The van der Waals surface area contributed by atoms with E-state index in [4.69, 9.17) is 16.3 Å². The van der Waals surface area contributed by atoms with Crippen LogP contribution in [0.15, 0.2) is 24.3 Å². The van der Waals surface area contributed by atoms with Crippen LogP contribution in [0.5, 0.6) is 5.75 Å². The van der Waals surface area contributed by atoms with Gasteiger partial charge in [-0.2, -0.15) is 0 Å². The number of methoxy groups -OCH3 is 1. The first-order valence-electron chi connectivity index (χ1n) is 6.22. The number of benzene rings is 1. The lowest BCUT2D eigenvalue weighted by atomic mass is 10.00. The van der Waals surface area contributed by atoms with E-state index in [0.717, 1.165) is 12.3 Å². The molecule has 3 heteroatoms. The molecular formula is C14H20ClNO. The van der Waals surface area contributed by atoms with E-state index in [0.29, 0.717) is 5.88 Å². The fourth-order valence-corrected chi connectivity index (χ4v) is 2.80. The molecule has 1 aromatic rings. The Balaban J connectivity index is 1.92. The van der Waals surface area contributed by atoms with Gasteiger partial charge in [0.05, 0.1) is 7.11 Å². The van der Waals surface area contributed by atoms with Crippen molar-refractivity contribution in [3.8, 4) is 5.75 Å². The third kappa shape index (κ3) is 3.14. The van der Waals surface area contributed by atoms with Crippen molar-refractivity contribution in [2.45, 2.75) is 37.8 Å². The van der Waals surface area contributed by atoms with E-state index in [2.05, 4.69) is 17.4 Å². The molecule has 0 unspecified atom stereocenters. The Hall–Kier alpha value is -0.730. The summed E-state index contributed by atoms with van der Waals surface area (Å²) in [6.45, 7) is 0.886. The summed E-state index contributed by atoms with van der Waals surface area (Å²) < 4.78 is 5.15. The first-order chi connectivity index (χ1) is 8.28. The van der Waals surface area contributed by atoms with Crippen LogP contribution < -0.4 is 10.1 Å². The molecule has 2 rings (SSSR count). The summed E-state index contributed by atoms with van der Waals surface area (Å²) in [5.41, 5.74) is 1.45. The molecule has 1 aromatic carbocycles. The molecule has 0 aliphatic heterocycles. The van der Waals surface area contributed by atoms with Gasteiger partial charge in [0.1, 0.15) is 5.75 Å². The predicted octanol–water partition coefficient (Wildman–Crippen LogP) is 3.34. The number of hydrogen-bond acceptors (Lipinski definition) is 2. The van der Waals surface area contributed by atoms with E-state index in [-0.39, 0.29) is 5.54 Å². The summed E-state index contributed by atoms with van der Waals surface area (Å²) in [5.74, 6) is 1.62. The van der Waals surface area contributed by atoms with Crippen LogP contribution in [0, 0.1) is 0 Å². The normalized spacial score (nSPS) is 18.2. The van der Waals surface area contributed by atoms with Crippen LogP contribution in [0.25, 0.3) is 0 Å². The number of hydrogen-bond donors (Lipinski definition) is 1. The van der Waals surface area contributed by atoms with Crippen LogP contribution in [0.4, 0.5) is 0 Å². The molecule has 17 heavy (non-hydrogen) atoms. The minimum atomic E-state index is 0.168. The first-order valence-corrected chi connectivity index (χ1v) is 6.75. The van der Waals surface area contributed by atoms with E-state index < -0.39 is 0 Å². The molecule has 2 nitrogen and oxygen atoms in total. The molecule has 0 heterocycles. The molecule has 0 saturated heterocycles. The maximum atomic E-state index is 6.10. The average Bonchev–Trinajstić information content (AvgIpc) is 2.86. The van der Waals surface area contributed by atoms with E-state index >= 15 is 0 Å². The molecule has 0 amide bonds. The average molecular weight is 254 g/mol. The largest absolute Gasteiger partial charge is 0.497 e. The molecule has 0 spiro atoms. The molecule has 0 radical (unpaired) electrons. The first kappa shape index (κ1) is 12.7. The molecule has 1 aliphatic rings. The monoisotopic (exact) mass is 253 g/mol. The van der Waals surface area contributed by atoms with E-state index in [1.165, 1.54) is 31.2 Å². The minimum absolute atomic E-state index is 0.168. The number of nitrogens with one attached hydrogen (secondary N) is 1. The van der Waals surface area contributed by atoms with Crippen molar-refractivity contribution in [2.75, 3.05) is 13.0 Å². The van der Waals surface area contributed by atoms with Crippen LogP contribution in [0.1, 0.15) is 31.2 Å². The van der Waals surface area contributed by atoms with Gasteiger partial charge in [-0.3, -0.25) is 0 Å². The van der Waals surface area contributed by atoms with Gasteiger partial charge in [0.15, 0.2) is 0 Å². The molecule has 94 valence electrons. The second-order valence-electron chi connectivity index (χ2n) is 4.82. The van der Waals surface area contributed by atoms with Crippen LogP contribution in [0.3, 0.4) is 0 Å². The molecule has 1 fully saturated rings. The Bertz CT molecular complexity index is 344. The van der Waals surface area contributed by atoms with Gasteiger partial charge >= 0.3 is 0 Å². The quantitative estimate of drug-likeness (QED) is 0.813. The lowest BCUT2D eigenvalue weighted by molar-refractivity contribution is 0.367. The highest BCUT2D eigenvalue weighted by atomic mass is 35.5. The van der Waals surface area contributed by atoms with Crippen LogP contribution >= 0.6 is 11.6 Å². The second kappa shape index (κ2) is 5.74. The molecule has 0 bridgehead atoms. The second-order valence-corrected chi connectivity index (χ2v) is 5.09. The minimum Gasteiger partial charge on any atom is -0.497 e. The van der Waals surface area contributed by atoms with Crippen LogP contribution in [0.2, 0.25) is 0 Å². The summed E-state index contributed by atoms with van der Waals surface area (Å²) in [4.78, 5) is 0. The van der Waals surface area contributed by atoms with Gasteiger partial charge in [-0.05, 0) is 30.5 Å². The summed E-state index contributed by atoms with van der Waals surface area (Å²) in [6.07, 6.45) is 4.99. The van der Waals surface area contributed by atoms with Crippen LogP contribution in [-0.4, -0.2) is 18.5 Å². The zero-order chi connectivity index (χ0) is 12.1. The highest BCUT2D eigenvalue weighted by Gasteiger charge is 2.32. The summed E-state index contributed by atoms with van der Waals surface area (Å²) in [7, 11) is 1.69. The summed E-state index contributed by atoms with van der Waals surface area (Å²) in [6, 6.07) is 8.20. The van der Waals surface area contributed by atoms with Crippen molar-refractivity contribution in [1.82, 2.24) is 5.32 Å². The maximum absolute atomic E-state index is 6.10. The van der Waals surface area contributed by atoms with Crippen molar-refractivity contribution >= 4 is 11.6 Å².